The lowest BCUT2D eigenvalue weighted by Crippen LogP contribution is -2.31. The minimum atomic E-state index is 0.0806. The quantitative estimate of drug-likeness (QED) is 0.883. The van der Waals surface area contributed by atoms with Gasteiger partial charge in [0.15, 0.2) is 0 Å². The Morgan fingerprint density at radius 2 is 2.17 bits per heavy atom. The van der Waals surface area contributed by atoms with Crippen molar-refractivity contribution in [2.45, 2.75) is 25.3 Å². The number of aliphatic hydroxyl groups is 1. The SMILES string of the molecule is CN(C)C(c1ccc2c(c1)CCO2)C1(CO)CC1. The molecule has 0 bridgehead atoms. The maximum Gasteiger partial charge on any atom is 0.122 e. The summed E-state index contributed by atoms with van der Waals surface area (Å²) in [6.07, 6.45) is 3.26. The standard InChI is InChI=1S/C15H21NO2/c1-16(2)14(15(10-17)6-7-15)12-3-4-13-11(9-12)5-8-18-13/h3-4,9,14,17H,5-8,10H2,1-2H3. The van der Waals surface area contributed by atoms with Crippen molar-refractivity contribution in [3.05, 3.63) is 29.3 Å². The smallest absolute Gasteiger partial charge is 0.122 e. The van der Waals surface area contributed by atoms with E-state index in [1.54, 1.807) is 0 Å². The number of benzene rings is 1. The van der Waals surface area contributed by atoms with E-state index in [1.807, 2.05) is 0 Å². The average Bonchev–Trinajstić information content (AvgIpc) is 2.99. The molecular weight excluding hydrogens is 226 g/mol. The van der Waals surface area contributed by atoms with Crippen LogP contribution in [0.1, 0.15) is 30.0 Å². The van der Waals surface area contributed by atoms with Gasteiger partial charge in [-0.1, -0.05) is 12.1 Å². The van der Waals surface area contributed by atoms with E-state index in [4.69, 9.17) is 4.74 Å². The molecule has 2 aliphatic rings. The summed E-state index contributed by atoms with van der Waals surface area (Å²) in [7, 11) is 4.20. The van der Waals surface area contributed by atoms with Gasteiger partial charge in [-0.25, -0.2) is 0 Å². The van der Waals surface area contributed by atoms with Gasteiger partial charge in [0.1, 0.15) is 5.75 Å². The Hall–Kier alpha value is -1.06. The van der Waals surface area contributed by atoms with Crippen molar-refractivity contribution < 1.29 is 9.84 Å². The largest absolute Gasteiger partial charge is 0.493 e. The van der Waals surface area contributed by atoms with Crippen LogP contribution in [0, 0.1) is 5.41 Å². The van der Waals surface area contributed by atoms with Gasteiger partial charge in [0.25, 0.3) is 0 Å². The van der Waals surface area contributed by atoms with Crippen LogP contribution in [0.2, 0.25) is 0 Å². The lowest BCUT2D eigenvalue weighted by molar-refractivity contribution is 0.115. The van der Waals surface area contributed by atoms with Gasteiger partial charge in [-0.2, -0.15) is 0 Å². The van der Waals surface area contributed by atoms with E-state index in [-0.39, 0.29) is 12.0 Å². The first-order chi connectivity index (χ1) is 8.66. The molecule has 0 amide bonds. The van der Waals surface area contributed by atoms with Gasteiger partial charge in [0.2, 0.25) is 0 Å². The van der Waals surface area contributed by atoms with Gasteiger partial charge in [-0.3, -0.25) is 0 Å². The summed E-state index contributed by atoms with van der Waals surface area (Å²) in [6, 6.07) is 6.82. The predicted octanol–water partition coefficient (Wildman–Crippen LogP) is 2.00. The fourth-order valence-corrected chi connectivity index (χ4v) is 3.25. The highest BCUT2D eigenvalue weighted by Crippen LogP contribution is 2.56. The predicted molar refractivity (Wildman–Crippen MR) is 70.8 cm³/mol. The molecule has 1 aromatic rings. The third-order valence-corrected chi connectivity index (χ3v) is 4.33. The molecule has 1 aliphatic carbocycles. The fourth-order valence-electron chi connectivity index (χ4n) is 3.25. The number of fused-ring (bicyclic) bond motifs is 1. The van der Waals surface area contributed by atoms with Crippen LogP contribution >= 0.6 is 0 Å². The molecule has 0 spiro atoms. The lowest BCUT2D eigenvalue weighted by Gasteiger charge is -2.32. The molecule has 98 valence electrons. The zero-order chi connectivity index (χ0) is 12.8. The van der Waals surface area contributed by atoms with Gasteiger partial charge < -0.3 is 14.7 Å². The molecule has 3 rings (SSSR count). The number of hydrogen-bond donors (Lipinski definition) is 1. The lowest BCUT2D eigenvalue weighted by atomic mass is 9.88. The molecule has 0 radical (unpaired) electrons. The van der Waals surface area contributed by atoms with Crippen LogP contribution in [-0.2, 0) is 6.42 Å². The second-order valence-corrected chi connectivity index (χ2v) is 5.85. The van der Waals surface area contributed by atoms with Crippen LogP contribution in [0.4, 0.5) is 0 Å². The number of rotatable bonds is 4. The van der Waals surface area contributed by atoms with Crippen LogP contribution in [0.25, 0.3) is 0 Å². The fraction of sp³-hybridized carbons (Fsp3) is 0.600. The highest BCUT2D eigenvalue weighted by Gasteiger charge is 2.50. The molecule has 1 aromatic carbocycles. The zero-order valence-corrected chi connectivity index (χ0v) is 11.1. The summed E-state index contributed by atoms with van der Waals surface area (Å²) in [5.74, 6) is 1.03. The summed E-state index contributed by atoms with van der Waals surface area (Å²) >= 11 is 0. The van der Waals surface area contributed by atoms with E-state index in [0.717, 1.165) is 31.6 Å². The summed E-state index contributed by atoms with van der Waals surface area (Å²) in [5, 5.41) is 9.68. The van der Waals surface area contributed by atoms with Crippen molar-refractivity contribution in [2.24, 2.45) is 5.41 Å². The van der Waals surface area contributed by atoms with Crippen LogP contribution in [0.3, 0.4) is 0 Å². The van der Waals surface area contributed by atoms with Gasteiger partial charge in [-0.05, 0) is 44.1 Å². The van der Waals surface area contributed by atoms with E-state index >= 15 is 0 Å². The Labute approximate surface area is 108 Å². The number of hydrogen-bond acceptors (Lipinski definition) is 3. The molecule has 3 nitrogen and oxygen atoms in total. The van der Waals surface area contributed by atoms with Crippen LogP contribution in [0.5, 0.6) is 5.75 Å². The molecule has 18 heavy (non-hydrogen) atoms. The Kier molecular flexibility index (Phi) is 2.83. The maximum atomic E-state index is 9.68. The molecule has 1 saturated carbocycles. The topological polar surface area (TPSA) is 32.7 Å². The Balaban J connectivity index is 1.96. The summed E-state index contributed by atoms with van der Waals surface area (Å²) in [4.78, 5) is 2.24. The summed E-state index contributed by atoms with van der Waals surface area (Å²) in [6.45, 7) is 1.08. The van der Waals surface area contributed by atoms with Crippen molar-refractivity contribution in [1.29, 1.82) is 0 Å². The van der Waals surface area contributed by atoms with Crippen molar-refractivity contribution in [3.8, 4) is 5.75 Å². The molecule has 1 heterocycles. The van der Waals surface area contributed by atoms with E-state index in [9.17, 15) is 5.11 Å². The van der Waals surface area contributed by atoms with E-state index < -0.39 is 0 Å². The van der Waals surface area contributed by atoms with Gasteiger partial charge in [0, 0.05) is 17.9 Å². The van der Waals surface area contributed by atoms with Crippen LogP contribution in [0.15, 0.2) is 18.2 Å². The van der Waals surface area contributed by atoms with Crippen molar-refractivity contribution >= 4 is 0 Å². The molecular formula is C15H21NO2. The second kappa shape index (κ2) is 4.25. The molecule has 0 aromatic heterocycles. The summed E-state index contributed by atoms with van der Waals surface area (Å²) in [5.41, 5.74) is 2.71. The molecule has 1 aliphatic heterocycles. The van der Waals surface area contributed by atoms with Gasteiger partial charge in [-0.15, -0.1) is 0 Å². The van der Waals surface area contributed by atoms with E-state index in [0.29, 0.717) is 6.04 Å². The minimum Gasteiger partial charge on any atom is -0.493 e. The number of ether oxygens (including phenoxy) is 1. The molecule has 1 fully saturated rings. The molecule has 1 atom stereocenters. The Bertz CT molecular complexity index is 452. The highest BCUT2D eigenvalue weighted by molar-refractivity contribution is 5.41. The Morgan fingerprint density at radius 3 is 2.78 bits per heavy atom. The van der Waals surface area contributed by atoms with Crippen LogP contribution < -0.4 is 4.74 Å². The third kappa shape index (κ3) is 1.82. The molecule has 0 saturated heterocycles. The average molecular weight is 247 g/mol. The number of aliphatic hydroxyl groups excluding tert-OH is 1. The maximum absolute atomic E-state index is 9.68. The zero-order valence-electron chi connectivity index (χ0n) is 11.1. The Morgan fingerprint density at radius 1 is 1.39 bits per heavy atom. The van der Waals surface area contributed by atoms with Crippen LogP contribution in [-0.4, -0.2) is 37.3 Å². The van der Waals surface area contributed by atoms with Gasteiger partial charge >= 0.3 is 0 Å². The molecule has 3 heteroatoms. The monoisotopic (exact) mass is 247 g/mol. The minimum absolute atomic E-state index is 0.0806. The third-order valence-electron chi connectivity index (χ3n) is 4.33. The summed E-state index contributed by atoms with van der Waals surface area (Å²) < 4.78 is 5.56. The highest BCUT2D eigenvalue weighted by atomic mass is 16.5. The van der Waals surface area contributed by atoms with Crippen molar-refractivity contribution in [3.63, 3.8) is 0 Å². The van der Waals surface area contributed by atoms with Gasteiger partial charge in [0.05, 0.1) is 13.2 Å². The van der Waals surface area contributed by atoms with E-state index in [1.165, 1.54) is 11.1 Å². The first kappa shape index (κ1) is 12.0. The first-order valence-corrected chi connectivity index (χ1v) is 6.69. The number of nitrogens with zero attached hydrogens (tertiary/aromatic N) is 1. The molecule has 1 N–H and O–H groups in total. The van der Waals surface area contributed by atoms with E-state index in [2.05, 4.69) is 37.2 Å². The van der Waals surface area contributed by atoms with Crippen molar-refractivity contribution in [1.82, 2.24) is 4.90 Å². The molecule has 1 unspecified atom stereocenters. The van der Waals surface area contributed by atoms with Crippen molar-refractivity contribution in [2.75, 3.05) is 27.3 Å². The first-order valence-electron chi connectivity index (χ1n) is 6.69. The second-order valence-electron chi connectivity index (χ2n) is 5.85. The normalized spacial score (nSPS) is 21.6.